The summed E-state index contributed by atoms with van der Waals surface area (Å²) in [5.74, 6) is 2.71. The van der Waals surface area contributed by atoms with Crippen molar-refractivity contribution in [2.24, 2.45) is 0 Å². The molecule has 3 rings (SSSR count). The molecule has 0 unspecified atom stereocenters. The van der Waals surface area contributed by atoms with E-state index in [1.165, 1.54) is 0 Å². The largest absolute Gasteiger partial charge is 0.497 e. The van der Waals surface area contributed by atoms with Gasteiger partial charge in [-0.25, -0.2) is 9.97 Å². The molecule has 24 heavy (non-hydrogen) atoms. The zero-order valence-corrected chi connectivity index (χ0v) is 14.9. The fraction of sp³-hybridized carbons (Fsp3) is 0.294. The Morgan fingerprint density at radius 3 is 2.58 bits per heavy atom. The molecule has 0 fully saturated rings. The molecule has 0 saturated carbocycles. The summed E-state index contributed by atoms with van der Waals surface area (Å²) in [6, 6.07) is 5.54. The van der Waals surface area contributed by atoms with Gasteiger partial charge in [-0.1, -0.05) is 0 Å². The van der Waals surface area contributed by atoms with Crippen LogP contribution >= 0.6 is 12.4 Å². The molecule has 0 aliphatic heterocycles. The number of rotatable bonds is 5. The lowest BCUT2D eigenvalue weighted by atomic mass is 10.2. The summed E-state index contributed by atoms with van der Waals surface area (Å²) in [6.07, 6.45) is 3.76. The summed E-state index contributed by atoms with van der Waals surface area (Å²) in [5, 5.41) is 0. The highest BCUT2D eigenvalue weighted by atomic mass is 35.5. The maximum Gasteiger partial charge on any atom is 0.230 e. The van der Waals surface area contributed by atoms with Crippen LogP contribution in [0.3, 0.4) is 0 Å². The molecule has 0 radical (unpaired) electrons. The van der Waals surface area contributed by atoms with Gasteiger partial charge in [-0.2, -0.15) is 0 Å². The van der Waals surface area contributed by atoms with E-state index in [0.717, 1.165) is 28.5 Å². The van der Waals surface area contributed by atoms with Gasteiger partial charge in [0.1, 0.15) is 23.0 Å². The summed E-state index contributed by atoms with van der Waals surface area (Å²) in [4.78, 5) is 8.84. The molecule has 0 N–H and O–H groups in total. The second-order valence-corrected chi connectivity index (χ2v) is 5.28. The van der Waals surface area contributed by atoms with E-state index >= 15 is 0 Å². The van der Waals surface area contributed by atoms with Crippen molar-refractivity contribution < 1.29 is 13.9 Å². The van der Waals surface area contributed by atoms with Crippen molar-refractivity contribution >= 4 is 12.4 Å². The van der Waals surface area contributed by atoms with Crippen LogP contribution in [0.5, 0.6) is 11.5 Å². The van der Waals surface area contributed by atoms with Gasteiger partial charge in [0.25, 0.3) is 0 Å². The maximum absolute atomic E-state index is 5.84. The molecule has 0 saturated heterocycles. The first-order valence-corrected chi connectivity index (χ1v) is 7.27. The van der Waals surface area contributed by atoms with Crippen molar-refractivity contribution in [2.45, 2.75) is 20.4 Å². The van der Waals surface area contributed by atoms with E-state index < -0.39 is 0 Å². The van der Waals surface area contributed by atoms with Crippen molar-refractivity contribution in [3.63, 3.8) is 0 Å². The van der Waals surface area contributed by atoms with Crippen molar-refractivity contribution in [2.75, 3.05) is 14.2 Å². The summed E-state index contributed by atoms with van der Waals surface area (Å²) in [5.41, 5.74) is 2.60. The highest BCUT2D eigenvalue weighted by molar-refractivity contribution is 5.85. The third-order valence-electron chi connectivity index (χ3n) is 3.62. The Bertz CT molecular complexity index is 826. The van der Waals surface area contributed by atoms with Gasteiger partial charge in [-0.05, 0) is 32.0 Å². The van der Waals surface area contributed by atoms with Crippen LogP contribution in [-0.2, 0) is 6.54 Å². The highest BCUT2D eigenvalue weighted by Gasteiger charge is 2.16. The Hall–Kier alpha value is -2.47. The van der Waals surface area contributed by atoms with Crippen molar-refractivity contribution in [1.29, 1.82) is 0 Å². The summed E-state index contributed by atoms with van der Waals surface area (Å²) in [6.45, 7) is 4.48. The minimum atomic E-state index is 0. The molecule has 1 aromatic carbocycles. The van der Waals surface area contributed by atoms with Crippen LogP contribution in [0.15, 0.2) is 35.1 Å². The van der Waals surface area contributed by atoms with Crippen LogP contribution in [0, 0.1) is 13.8 Å². The highest BCUT2D eigenvalue weighted by Crippen LogP contribution is 2.33. The predicted octanol–water partition coefficient (Wildman–Crippen LogP) is 3.64. The van der Waals surface area contributed by atoms with Crippen molar-refractivity contribution in [1.82, 2.24) is 14.5 Å². The topological polar surface area (TPSA) is 62.3 Å². The number of hydrogen-bond donors (Lipinski definition) is 0. The number of oxazole rings is 1. The Kier molecular flexibility index (Phi) is 5.51. The molecule has 0 aliphatic rings. The van der Waals surface area contributed by atoms with E-state index in [4.69, 9.17) is 13.9 Å². The molecular weight excluding hydrogens is 330 g/mol. The number of ether oxygens (including phenoxy) is 2. The Morgan fingerprint density at radius 2 is 1.96 bits per heavy atom. The van der Waals surface area contributed by atoms with Crippen LogP contribution in [0.25, 0.3) is 11.5 Å². The molecule has 2 heterocycles. The number of imidazole rings is 1. The molecule has 7 heteroatoms. The van der Waals surface area contributed by atoms with Crippen LogP contribution in [-0.4, -0.2) is 28.8 Å². The fourth-order valence-electron chi connectivity index (χ4n) is 2.40. The zero-order chi connectivity index (χ0) is 16.4. The SMILES string of the molecule is COc1ccc(OC)c(-c2nc(Cn3cnc(C)c3)c(C)o2)c1.Cl. The van der Waals surface area contributed by atoms with Crippen molar-refractivity contribution in [3.05, 3.63) is 47.9 Å². The van der Waals surface area contributed by atoms with E-state index in [0.29, 0.717) is 18.2 Å². The van der Waals surface area contributed by atoms with Crippen LogP contribution in [0.4, 0.5) is 0 Å². The van der Waals surface area contributed by atoms with E-state index in [1.54, 1.807) is 20.5 Å². The Morgan fingerprint density at radius 1 is 1.17 bits per heavy atom. The molecule has 0 spiro atoms. The fourth-order valence-corrected chi connectivity index (χ4v) is 2.40. The van der Waals surface area contributed by atoms with Gasteiger partial charge in [-0.3, -0.25) is 0 Å². The number of benzene rings is 1. The molecule has 0 atom stereocenters. The molecule has 0 bridgehead atoms. The minimum Gasteiger partial charge on any atom is -0.497 e. The average Bonchev–Trinajstić information content (AvgIpc) is 3.13. The number of hydrogen-bond acceptors (Lipinski definition) is 5. The normalized spacial score (nSPS) is 10.3. The quantitative estimate of drug-likeness (QED) is 0.703. The average molecular weight is 350 g/mol. The molecule has 128 valence electrons. The predicted molar refractivity (Wildman–Crippen MR) is 93.1 cm³/mol. The lowest BCUT2D eigenvalue weighted by Gasteiger charge is -2.07. The van der Waals surface area contributed by atoms with E-state index in [2.05, 4.69) is 9.97 Å². The third-order valence-corrected chi connectivity index (χ3v) is 3.62. The summed E-state index contributed by atoms with van der Waals surface area (Å²) >= 11 is 0. The van der Waals surface area contributed by atoms with Gasteiger partial charge < -0.3 is 18.5 Å². The first kappa shape index (κ1) is 17.9. The van der Waals surface area contributed by atoms with Gasteiger partial charge >= 0.3 is 0 Å². The number of aromatic nitrogens is 3. The number of aryl methyl sites for hydroxylation is 2. The molecular formula is C17H20ClN3O3. The summed E-state index contributed by atoms with van der Waals surface area (Å²) in [7, 11) is 3.25. The van der Waals surface area contributed by atoms with E-state index in [-0.39, 0.29) is 12.4 Å². The van der Waals surface area contributed by atoms with Gasteiger partial charge in [0.05, 0.1) is 38.3 Å². The Balaban J connectivity index is 0.00000208. The lowest BCUT2D eigenvalue weighted by molar-refractivity contribution is 0.402. The van der Waals surface area contributed by atoms with Gasteiger partial charge in [0.2, 0.25) is 5.89 Å². The van der Waals surface area contributed by atoms with Gasteiger partial charge in [0.15, 0.2) is 0 Å². The van der Waals surface area contributed by atoms with E-state index in [9.17, 15) is 0 Å². The number of nitrogens with zero attached hydrogens (tertiary/aromatic N) is 3. The molecule has 0 amide bonds. The van der Waals surface area contributed by atoms with Gasteiger partial charge in [-0.15, -0.1) is 12.4 Å². The zero-order valence-electron chi connectivity index (χ0n) is 14.1. The number of methoxy groups -OCH3 is 2. The maximum atomic E-state index is 5.84. The second-order valence-electron chi connectivity index (χ2n) is 5.28. The van der Waals surface area contributed by atoms with E-state index in [1.807, 2.05) is 42.8 Å². The molecule has 0 aliphatic carbocycles. The standard InChI is InChI=1S/C17H19N3O3.ClH/c1-11-8-20(10-18-11)9-15-12(2)23-17(19-15)14-7-13(21-3)5-6-16(14)22-4;/h5-8,10H,9H2,1-4H3;1H. The lowest BCUT2D eigenvalue weighted by Crippen LogP contribution is -1.98. The monoisotopic (exact) mass is 349 g/mol. The molecule has 6 nitrogen and oxygen atoms in total. The first-order valence-electron chi connectivity index (χ1n) is 7.27. The van der Waals surface area contributed by atoms with Crippen LogP contribution in [0.1, 0.15) is 17.1 Å². The third kappa shape index (κ3) is 3.54. The van der Waals surface area contributed by atoms with Gasteiger partial charge in [0, 0.05) is 6.20 Å². The minimum absolute atomic E-state index is 0. The Labute approximate surface area is 146 Å². The molecule has 2 aromatic heterocycles. The number of halogens is 1. The van der Waals surface area contributed by atoms with Crippen molar-refractivity contribution in [3.8, 4) is 23.0 Å². The van der Waals surface area contributed by atoms with Crippen LogP contribution in [0.2, 0.25) is 0 Å². The smallest absolute Gasteiger partial charge is 0.230 e. The summed E-state index contributed by atoms with van der Waals surface area (Å²) < 4.78 is 18.5. The first-order chi connectivity index (χ1) is 11.1. The van der Waals surface area contributed by atoms with Crippen LogP contribution < -0.4 is 9.47 Å². The molecule has 3 aromatic rings. The second kappa shape index (κ2) is 7.40.